The Labute approximate surface area is 146 Å². The number of benzene rings is 2. The highest BCUT2D eigenvalue weighted by atomic mass is 15.2. The lowest BCUT2D eigenvalue weighted by Crippen LogP contribution is -2.32. The minimum Gasteiger partial charge on any atom is -0.369 e. The predicted molar refractivity (Wildman–Crippen MR) is 106 cm³/mol. The quantitative estimate of drug-likeness (QED) is 0.290. The van der Waals surface area contributed by atoms with Crippen LogP contribution in [-0.2, 0) is 0 Å². The van der Waals surface area contributed by atoms with Crippen LogP contribution in [-0.4, -0.2) is 5.96 Å². The maximum absolute atomic E-state index is 7.63. The third kappa shape index (κ3) is 7.14. The van der Waals surface area contributed by atoms with Crippen LogP contribution < -0.4 is 10.6 Å². The number of para-hydroxylation sites is 2. The summed E-state index contributed by atoms with van der Waals surface area (Å²) in [5, 5.41) is 7.63. The van der Waals surface area contributed by atoms with Crippen molar-refractivity contribution in [3.05, 3.63) is 73.3 Å². The second-order valence-electron chi connectivity index (χ2n) is 5.53. The Morgan fingerprint density at radius 1 is 0.958 bits per heavy atom. The van der Waals surface area contributed by atoms with Gasteiger partial charge in [0.15, 0.2) is 5.96 Å². The molecule has 0 saturated heterocycles. The zero-order valence-corrected chi connectivity index (χ0v) is 14.6. The first-order valence-corrected chi connectivity index (χ1v) is 8.55. The van der Waals surface area contributed by atoms with Crippen molar-refractivity contribution in [1.29, 1.82) is 5.41 Å². The molecule has 0 bridgehead atoms. The summed E-state index contributed by atoms with van der Waals surface area (Å²) < 4.78 is 0. The summed E-state index contributed by atoms with van der Waals surface area (Å²) in [5.74, 6) is 0.0115. The van der Waals surface area contributed by atoms with E-state index in [0.717, 1.165) is 11.4 Å². The number of hydrogen-bond acceptors (Lipinski definition) is 1. The topological polar surface area (TPSA) is 53.1 Å². The molecule has 0 heterocycles. The van der Waals surface area contributed by atoms with Crippen LogP contribution in [0.15, 0.2) is 73.3 Å². The molecule has 0 aliphatic carbocycles. The van der Waals surface area contributed by atoms with Gasteiger partial charge in [0.05, 0.1) is 0 Å². The average molecular weight is 323 g/mol. The van der Waals surface area contributed by atoms with E-state index in [2.05, 4.69) is 13.5 Å². The fourth-order valence-corrected chi connectivity index (χ4v) is 2.30. The van der Waals surface area contributed by atoms with Crippen molar-refractivity contribution in [3.63, 3.8) is 0 Å². The summed E-state index contributed by atoms with van der Waals surface area (Å²) >= 11 is 0. The lowest BCUT2D eigenvalue weighted by Gasteiger charge is -2.22. The van der Waals surface area contributed by atoms with Gasteiger partial charge < -0.3 is 5.73 Å². The highest BCUT2D eigenvalue weighted by Crippen LogP contribution is 2.23. The van der Waals surface area contributed by atoms with E-state index >= 15 is 0 Å². The molecule has 0 atom stereocenters. The van der Waals surface area contributed by atoms with E-state index in [1.54, 1.807) is 4.90 Å². The monoisotopic (exact) mass is 323 g/mol. The first-order valence-electron chi connectivity index (χ1n) is 8.55. The van der Waals surface area contributed by atoms with E-state index in [4.69, 9.17) is 11.1 Å². The Bertz CT molecular complexity index is 539. The Morgan fingerprint density at radius 3 is 1.83 bits per heavy atom. The van der Waals surface area contributed by atoms with Crippen LogP contribution >= 0.6 is 0 Å². The van der Waals surface area contributed by atoms with Crippen molar-refractivity contribution in [1.82, 2.24) is 0 Å². The smallest absolute Gasteiger partial charge is 0.197 e. The van der Waals surface area contributed by atoms with Crippen LogP contribution in [0.1, 0.15) is 39.0 Å². The normalized spacial score (nSPS) is 9.54. The zero-order chi connectivity index (χ0) is 17.6. The van der Waals surface area contributed by atoms with E-state index in [-0.39, 0.29) is 5.96 Å². The summed E-state index contributed by atoms with van der Waals surface area (Å²) in [6, 6.07) is 19.3. The SMILES string of the molecule is C=CCCCCCC.N=C(N)N(c1ccccc1)c1ccccc1. The van der Waals surface area contributed by atoms with Crippen LogP contribution in [0.4, 0.5) is 11.4 Å². The van der Waals surface area contributed by atoms with Crippen LogP contribution in [0.3, 0.4) is 0 Å². The van der Waals surface area contributed by atoms with Crippen molar-refractivity contribution < 1.29 is 0 Å². The second kappa shape index (κ2) is 11.9. The van der Waals surface area contributed by atoms with E-state index in [1.165, 1.54) is 32.1 Å². The number of rotatable bonds is 7. The number of anilines is 2. The van der Waals surface area contributed by atoms with Crippen LogP contribution in [0.5, 0.6) is 0 Å². The molecule has 0 aromatic heterocycles. The molecule has 0 unspecified atom stereocenters. The van der Waals surface area contributed by atoms with Crippen LogP contribution in [0.2, 0.25) is 0 Å². The summed E-state index contributed by atoms with van der Waals surface area (Å²) in [6.45, 7) is 5.89. The van der Waals surface area contributed by atoms with Crippen molar-refractivity contribution >= 4 is 17.3 Å². The van der Waals surface area contributed by atoms with Gasteiger partial charge in [-0.25, -0.2) is 0 Å². The maximum atomic E-state index is 7.63. The minimum atomic E-state index is 0.0115. The van der Waals surface area contributed by atoms with E-state index in [9.17, 15) is 0 Å². The largest absolute Gasteiger partial charge is 0.369 e. The Kier molecular flexibility index (Phi) is 9.70. The highest BCUT2D eigenvalue weighted by Gasteiger charge is 2.10. The van der Waals surface area contributed by atoms with Gasteiger partial charge in [0, 0.05) is 11.4 Å². The molecule has 0 aliphatic heterocycles. The molecule has 0 aliphatic rings. The Hall–Kier alpha value is -2.55. The van der Waals surface area contributed by atoms with Gasteiger partial charge in [-0.2, -0.15) is 0 Å². The Balaban J connectivity index is 0.000000307. The third-order valence-corrected chi connectivity index (χ3v) is 3.53. The standard InChI is InChI=1S/C13H13N3.C8H16/c14-13(15)16(11-7-3-1-4-8-11)12-9-5-2-6-10-12;1-3-5-7-8-6-4-2/h1-10H,(H3,14,15);3H,1,4-8H2,2H3. The molecular weight excluding hydrogens is 294 g/mol. The fourth-order valence-electron chi connectivity index (χ4n) is 2.30. The minimum absolute atomic E-state index is 0.0115. The maximum Gasteiger partial charge on any atom is 0.197 e. The molecule has 128 valence electrons. The summed E-state index contributed by atoms with van der Waals surface area (Å²) in [5.41, 5.74) is 7.39. The van der Waals surface area contributed by atoms with Crippen molar-refractivity contribution in [2.24, 2.45) is 5.73 Å². The van der Waals surface area contributed by atoms with Gasteiger partial charge in [0.25, 0.3) is 0 Å². The number of hydrogen-bond donors (Lipinski definition) is 2. The molecule has 2 aromatic rings. The number of unbranched alkanes of at least 4 members (excludes halogenated alkanes) is 4. The van der Waals surface area contributed by atoms with Gasteiger partial charge in [-0.15, -0.1) is 6.58 Å². The van der Waals surface area contributed by atoms with Crippen molar-refractivity contribution in [3.8, 4) is 0 Å². The number of nitrogens with one attached hydrogen (secondary N) is 1. The molecule has 3 N–H and O–H groups in total. The van der Waals surface area contributed by atoms with Gasteiger partial charge in [0.2, 0.25) is 0 Å². The second-order valence-corrected chi connectivity index (χ2v) is 5.53. The summed E-state index contributed by atoms with van der Waals surface area (Å²) in [7, 11) is 0. The molecule has 0 spiro atoms. The molecule has 0 fully saturated rings. The summed E-state index contributed by atoms with van der Waals surface area (Å²) in [6.07, 6.45) is 8.61. The molecule has 3 heteroatoms. The Morgan fingerprint density at radius 2 is 1.46 bits per heavy atom. The van der Waals surface area contributed by atoms with Crippen molar-refractivity contribution in [2.75, 3.05) is 4.90 Å². The molecule has 24 heavy (non-hydrogen) atoms. The number of nitrogens with two attached hydrogens (primary N) is 1. The first kappa shape index (κ1) is 19.5. The van der Waals surface area contributed by atoms with Gasteiger partial charge >= 0.3 is 0 Å². The number of allylic oxidation sites excluding steroid dienone is 1. The lowest BCUT2D eigenvalue weighted by molar-refractivity contribution is 0.675. The van der Waals surface area contributed by atoms with E-state index in [0.29, 0.717) is 0 Å². The molecular formula is C21H29N3. The highest BCUT2D eigenvalue weighted by molar-refractivity contribution is 5.99. The molecule has 2 rings (SSSR count). The molecule has 0 saturated carbocycles. The molecule has 0 radical (unpaired) electrons. The van der Waals surface area contributed by atoms with Gasteiger partial charge in [-0.05, 0) is 37.1 Å². The molecule has 2 aromatic carbocycles. The van der Waals surface area contributed by atoms with Crippen molar-refractivity contribution in [2.45, 2.75) is 39.0 Å². The lowest BCUT2D eigenvalue weighted by atomic mass is 10.2. The number of guanidine groups is 1. The van der Waals surface area contributed by atoms with Gasteiger partial charge in [-0.1, -0.05) is 68.7 Å². The fraction of sp³-hybridized carbons (Fsp3) is 0.286. The van der Waals surface area contributed by atoms with E-state index in [1.807, 2.05) is 66.7 Å². The number of nitrogens with zero attached hydrogens (tertiary/aromatic N) is 1. The zero-order valence-electron chi connectivity index (χ0n) is 14.6. The summed E-state index contributed by atoms with van der Waals surface area (Å²) in [4.78, 5) is 1.69. The first-order chi connectivity index (χ1) is 11.7. The van der Waals surface area contributed by atoms with Crippen LogP contribution in [0.25, 0.3) is 0 Å². The molecule has 3 nitrogen and oxygen atoms in total. The molecule has 0 amide bonds. The third-order valence-electron chi connectivity index (χ3n) is 3.53. The van der Waals surface area contributed by atoms with Crippen LogP contribution in [0, 0.1) is 5.41 Å². The van der Waals surface area contributed by atoms with Gasteiger partial charge in [-0.3, -0.25) is 10.3 Å². The van der Waals surface area contributed by atoms with Gasteiger partial charge in [0.1, 0.15) is 0 Å². The predicted octanol–water partition coefficient (Wildman–Crippen LogP) is 5.86. The van der Waals surface area contributed by atoms with E-state index < -0.39 is 0 Å². The average Bonchev–Trinajstić information content (AvgIpc) is 2.61.